The summed E-state index contributed by atoms with van der Waals surface area (Å²) in [6, 6.07) is 19.0. The summed E-state index contributed by atoms with van der Waals surface area (Å²) in [6.45, 7) is 0. The van der Waals surface area contributed by atoms with Crippen LogP contribution in [0.15, 0.2) is 66.9 Å². The second-order valence-electron chi connectivity index (χ2n) is 4.36. The molecular weight excluding hydrogens is 250 g/mol. The van der Waals surface area contributed by atoms with Crippen LogP contribution in [-0.4, -0.2) is 10.9 Å². The Kier molecular flexibility index (Phi) is 3.29. The van der Waals surface area contributed by atoms with Gasteiger partial charge in [-0.25, -0.2) is 0 Å². The zero-order valence-corrected chi connectivity index (χ0v) is 10.7. The lowest BCUT2D eigenvalue weighted by Crippen LogP contribution is -2.29. The van der Waals surface area contributed by atoms with E-state index in [4.69, 9.17) is 0 Å². The smallest absolute Gasteiger partial charge is 0.271 e. The minimum atomic E-state index is -0.216. The molecule has 1 amide bonds. The summed E-state index contributed by atoms with van der Waals surface area (Å²) in [5.74, 6) is -0.216. The van der Waals surface area contributed by atoms with Gasteiger partial charge < -0.3 is 0 Å². The normalized spacial score (nSPS) is 10.2. The molecule has 0 aliphatic rings. The topological polar surface area (TPSA) is 54.0 Å². The molecule has 2 N–H and O–H groups in total. The third kappa shape index (κ3) is 2.59. The van der Waals surface area contributed by atoms with Gasteiger partial charge in [0, 0.05) is 11.6 Å². The highest BCUT2D eigenvalue weighted by Gasteiger charge is 2.06. The molecule has 20 heavy (non-hydrogen) atoms. The van der Waals surface area contributed by atoms with Crippen molar-refractivity contribution >= 4 is 22.5 Å². The van der Waals surface area contributed by atoms with E-state index < -0.39 is 0 Å². The highest BCUT2D eigenvalue weighted by molar-refractivity contribution is 5.97. The SMILES string of the molecule is O=C(NNc1ccccc1)c1cnc2ccccc2c1. The monoisotopic (exact) mass is 263 g/mol. The van der Waals surface area contributed by atoms with E-state index in [9.17, 15) is 4.79 Å². The van der Waals surface area contributed by atoms with Gasteiger partial charge in [0.15, 0.2) is 0 Å². The first-order valence-electron chi connectivity index (χ1n) is 6.29. The zero-order chi connectivity index (χ0) is 13.8. The van der Waals surface area contributed by atoms with Gasteiger partial charge in [-0.3, -0.25) is 20.6 Å². The van der Waals surface area contributed by atoms with Crippen LogP contribution in [0.4, 0.5) is 5.69 Å². The number of carbonyl (C=O) groups excluding carboxylic acids is 1. The first kappa shape index (κ1) is 12.2. The van der Waals surface area contributed by atoms with Crippen molar-refractivity contribution in [2.75, 3.05) is 5.43 Å². The van der Waals surface area contributed by atoms with E-state index in [1.165, 1.54) is 0 Å². The number of nitrogens with one attached hydrogen (secondary N) is 2. The van der Waals surface area contributed by atoms with E-state index in [-0.39, 0.29) is 5.91 Å². The molecule has 4 heteroatoms. The number of nitrogens with zero attached hydrogens (tertiary/aromatic N) is 1. The van der Waals surface area contributed by atoms with Crippen molar-refractivity contribution in [1.82, 2.24) is 10.4 Å². The fraction of sp³-hybridized carbons (Fsp3) is 0. The van der Waals surface area contributed by atoms with Gasteiger partial charge in [-0.05, 0) is 24.3 Å². The fourth-order valence-corrected chi connectivity index (χ4v) is 1.92. The molecule has 0 saturated heterocycles. The molecule has 3 rings (SSSR count). The number of amides is 1. The molecule has 0 radical (unpaired) electrons. The van der Waals surface area contributed by atoms with E-state index in [1.807, 2.05) is 60.7 Å². The van der Waals surface area contributed by atoms with Crippen LogP contribution >= 0.6 is 0 Å². The van der Waals surface area contributed by atoms with Gasteiger partial charge in [0.05, 0.1) is 16.8 Å². The van der Waals surface area contributed by atoms with Crippen molar-refractivity contribution in [3.8, 4) is 0 Å². The number of benzene rings is 2. The number of anilines is 1. The Morgan fingerprint density at radius 2 is 1.70 bits per heavy atom. The maximum Gasteiger partial charge on any atom is 0.271 e. The average molecular weight is 263 g/mol. The van der Waals surface area contributed by atoms with Crippen molar-refractivity contribution in [3.63, 3.8) is 0 Å². The lowest BCUT2D eigenvalue weighted by atomic mass is 10.1. The Labute approximate surface area is 116 Å². The van der Waals surface area contributed by atoms with E-state index in [0.29, 0.717) is 5.56 Å². The number of pyridine rings is 1. The third-order valence-corrected chi connectivity index (χ3v) is 2.95. The van der Waals surface area contributed by atoms with Crippen LogP contribution in [-0.2, 0) is 0 Å². The Morgan fingerprint density at radius 1 is 0.950 bits per heavy atom. The quantitative estimate of drug-likeness (QED) is 0.714. The number of hydrogen-bond donors (Lipinski definition) is 2. The molecule has 0 atom stereocenters. The molecule has 4 nitrogen and oxygen atoms in total. The minimum absolute atomic E-state index is 0.216. The molecule has 2 aromatic carbocycles. The van der Waals surface area contributed by atoms with Gasteiger partial charge in [0.25, 0.3) is 5.91 Å². The molecule has 0 fully saturated rings. The van der Waals surface area contributed by atoms with Crippen LogP contribution in [0, 0.1) is 0 Å². The Bertz CT molecular complexity index is 741. The van der Waals surface area contributed by atoms with Crippen molar-refractivity contribution in [2.45, 2.75) is 0 Å². The van der Waals surface area contributed by atoms with Crippen LogP contribution in [0.2, 0.25) is 0 Å². The molecule has 0 spiro atoms. The lowest BCUT2D eigenvalue weighted by Gasteiger charge is -2.08. The molecule has 3 aromatic rings. The molecule has 98 valence electrons. The Hall–Kier alpha value is -2.88. The molecule has 1 aromatic heterocycles. The van der Waals surface area contributed by atoms with E-state index in [2.05, 4.69) is 15.8 Å². The molecule has 0 aliphatic heterocycles. The van der Waals surface area contributed by atoms with Crippen LogP contribution in [0.25, 0.3) is 10.9 Å². The summed E-state index contributed by atoms with van der Waals surface area (Å²) in [7, 11) is 0. The first-order chi connectivity index (χ1) is 9.83. The number of fused-ring (bicyclic) bond motifs is 1. The predicted molar refractivity (Wildman–Crippen MR) is 79.3 cm³/mol. The van der Waals surface area contributed by atoms with Crippen molar-refractivity contribution in [3.05, 3.63) is 72.4 Å². The highest BCUT2D eigenvalue weighted by atomic mass is 16.2. The average Bonchev–Trinajstić information content (AvgIpc) is 2.53. The van der Waals surface area contributed by atoms with E-state index >= 15 is 0 Å². The van der Waals surface area contributed by atoms with Gasteiger partial charge in [-0.1, -0.05) is 36.4 Å². The van der Waals surface area contributed by atoms with Gasteiger partial charge in [-0.15, -0.1) is 0 Å². The summed E-state index contributed by atoms with van der Waals surface area (Å²) in [5, 5.41) is 0.944. The summed E-state index contributed by atoms with van der Waals surface area (Å²) in [5.41, 5.74) is 7.74. The molecule has 0 bridgehead atoms. The van der Waals surface area contributed by atoms with Crippen molar-refractivity contribution < 1.29 is 4.79 Å². The van der Waals surface area contributed by atoms with Gasteiger partial charge in [0.2, 0.25) is 0 Å². The first-order valence-corrected chi connectivity index (χ1v) is 6.29. The van der Waals surface area contributed by atoms with Gasteiger partial charge >= 0.3 is 0 Å². The summed E-state index contributed by atoms with van der Waals surface area (Å²) in [6.07, 6.45) is 1.57. The Balaban J connectivity index is 1.75. The maximum atomic E-state index is 12.0. The second kappa shape index (κ2) is 5.40. The molecule has 0 unspecified atom stereocenters. The number of hydrazine groups is 1. The van der Waals surface area contributed by atoms with Crippen molar-refractivity contribution in [1.29, 1.82) is 0 Å². The van der Waals surface area contributed by atoms with Crippen LogP contribution in [0.1, 0.15) is 10.4 Å². The third-order valence-electron chi connectivity index (χ3n) is 2.95. The predicted octanol–water partition coefficient (Wildman–Crippen LogP) is 2.99. The van der Waals surface area contributed by atoms with Crippen LogP contribution in [0.5, 0.6) is 0 Å². The second-order valence-corrected chi connectivity index (χ2v) is 4.36. The summed E-state index contributed by atoms with van der Waals surface area (Å²) in [4.78, 5) is 16.3. The standard InChI is InChI=1S/C16H13N3O/c20-16(19-18-14-7-2-1-3-8-14)13-10-12-6-4-5-9-15(12)17-11-13/h1-11,18H,(H,19,20). The number of aromatic nitrogens is 1. The van der Waals surface area contributed by atoms with Crippen LogP contribution in [0.3, 0.4) is 0 Å². The van der Waals surface area contributed by atoms with E-state index in [0.717, 1.165) is 16.6 Å². The number of carbonyl (C=O) groups is 1. The molecule has 0 saturated carbocycles. The number of rotatable bonds is 3. The summed E-state index contributed by atoms with van der Waals surface area (Å²) >= 11 is 0. The summed E-state index contributed by atoms with van der Waals surface area (Å²) < 4.78 is 0. The number of para-hydroxylation sites is 2. The maximum absolute atomic E-state index is 12.0. The minimum Gasteiger partial charge on any atom is -0.298 e. The zero-order valence-electron chi connectivity index (χ0n) is 10.7. The largest absolute Gasteiger partial charge is 0.298 e. The molecule has 0 aliphatic carbocycles. The van der Waals surface area contributed by atoms with Gasteiger partial charge in [-0.2, -0.15) is 0 Å². The molecular formula is C16H13N3O. The fourth-order valence-electron chi connectivity index (χ4n) is 1.92. The van der Waals surface area contributed by atoms with Gasteiger partial charge in [0.1, 0.15) is 0 Å². The Morgan fingerprint density at radius 3 is 2.55 bits per heavy atom. The lowest BCUT2D eigenvalue weighted by molar-refractivity contribution is 0.0962. The van der Waals surface area contributed by atoms with Crippen LogP contribution < -0.4 is 10.9 Å². The highest BCUT2D eigenvalue weighted by Crippen LogP contribution is 2.12. The number of hydrogen-bond acceptors (Lipinski definition) is 3. The van der Waals surface area contributed by atoms with Crippen molar-refractivity contribution in [2.24, 2.45) is 0 Å². The molecule has 1 heterocycles. The van der Waals surface area contributed by atoms with E-state index in [1.54, 1.807) is 6.20 Å².